The molecule has 0 aromatic carbocycles. The van der Waals surface area contributed by atoms with Gasteiger partial charge in [-0.1, -0.05) is 27.2 Å². The largest absolute Gasteiger partial charge is 0.377 e. The molecular formula is C22H39N3O2. The van der Waals surface area contributed by atoms with Gasteiger partial charge >= 0.3 is 0 Å². The van der Waals surface area contributed by atoms with E-state index in [4.69, 9.17) is 14.5 Å². The molecule has 5 nitrogen and oxygen atoms in total. The Balaban J connectivity index is 1.43. The number of hydrogen-bond donors (Lipinski definition) is 2. The van der Waals surface area contributed by atoms with Crippen LogP contribution >= 0.6 is 0 Å². The van der Waals surface area contributed by atoms with Gasteiger partial charge in [0.25, 0.3) is 0 Å². The fourth-order valence-corrected chi connectivity index (χ4v) is 6.12. The summed E-state index contributed by atoms with van der Waals surface area (Å²) in [5.74, 6) is 2.18. The molecule has 0 amide bonds. The highest BCUT2D eigenvalue weighted by Gasteiger charge is 2.66. The lowest BCUT2D eigenvalue weighted by atomic mass is 9.46. The first-order valence-corrected chi connectivity index (χ1v) is 11.2. The van der Waals surface area contributed by atoms with Crippen molar-refractivity contribution in [2.45, 2.75) is 84.5 Å². The maximum absolute atomic E-state index is 6.15. The van der Waals surface area contributed by atoms with E-state index in [9.17, 15) is 0 Å². The molecule has 5 atom stereocenters. The van der Waals surface area contributed by atoms with E-state index in [1.165, 1.54) is 32.1 Å². The molecule has 5 heteroatoms. The zero-order valence-corrected chi connectivity index (χ0v) is 17.7. The molecule has 4 fully saturated rings. The van der Waals surface area contributed by atoms with Gasteiger partial charge in [0.2, 0.25) is 0 Å². The molecule has 5 unspecified atom stereocenters. The molecule has 2 saturated heterocycles. The Bertz CT molecular complexity index is 552. The molecule has 0 aromatic rings. The summed E-state index contributed by atoms with van der Waals surface area (Å²) in [7, 11) is 0. The first-order chi connectivity index (χ1) is 13.0. The SMILES string of the molecule is CCNC(=NCC1CCCOC1C(C)(C)C)NC1C2CCOC2C12CCC2. The van der Waals surface area contributed by atoms with Crippen LogP contribution in [-0.2, 0) is 9.47 Å². The van der Waals surface area contributed by atoms with Gasteiger partial charge in [-0.2, -0.15) is 0 Å². The molecule has 0 bridgehead atoms. The van der Waals surface area contributed by atoms with Crippen molar-refractivity contribution in [3.8, 4) is 0 Å². The summed E-state index contributed by atoms with van der Waals surface area (Å²) in [6, 6.07) is 0.539. The summed E-state index contributed by atoms with van der Waals surface area (Å²) in [6.07, 6.45) is 8.36. The van der Waals surface area contributed by atoms with Crippen molar-refractivity contribution in [2.24, 2.45) is 27.7 Å². The summed E-state index contributed by atoms with van der Waals surface area (Å²) < 4.78 is 12.2. The van der Waals surface area contributed by atoms with Gasteiger partial charge in [0.15, 0.2) is 5.96 Å². The molecule has 2 N–H and O–H groups in total. The maximum Gasteiger partial charge on any atom is 0.191 e. The summed E-state index contributed by atoms with van der Waals surface area (Å²) in [5.41, 5.74) is 0.560. The van der Waals surface area contributed by atoms with E-state index < -0.39 is 0 Å². The van der Waals surface area contributed by atoms with Crippen LogP contribution in [0.25, 0.3) is 0 Å². The zero-order valence-electron chi connectivity index (χ0n) is 17.7. The highest BCUT2D eigenvalue weighted by molar-refractivity contribution is 5.80. The Morgan fingerprint density at radius 2 is 1.93 bits per heavy atom. The molecule has 0 radical (unpaired) electrons. The first-order valence-electron chi connectivity index (χ1n) is 11.2. The third-order valence-electron chi connectivity index (χ3n) is 7.45. The Labute approximate surface area is 165 Å². The molecule has 4 aliphatic rings. The van der Waals surface area contributed by atoms with Crippen molar-refractivity contribution in [3.05, 3.63) is 0 Å². The predicted octanol–water partition coefficient (Wildman–Crippen LogP) is 3.34. The highest BCUT2D eigenvalue weighted by atomic mass is 16.5. The molecule has 27 heavy (non-hydrogen) atoms. The van der Waals surface area contributed by atoms with Gasteiger partial charge in [-0.3, -0.25) is 4.99 Å². The number of rotatable bonds is 4. The van der Waals surface area contributed by atoms with Crippen LogP contribution in [0.15, 0.2) is 4.99 Å². The van der Waals surface area contributed by atoms with Crippen LogP contribution in [0.4, 0.5) is 0 Å². The van der Waals surface area contributed by atoms with Crippen molar-refractivity contribution >= 4 is 5.96 Å². The van der Waals surface area contributed by atoms with E-state index in [-0.39, 0.29) is 5.41 Å². The van der Waals surface area contributed by atoms with Crippen LogP contribution in [-0.4, -0.2) is 50.5 Å². The van der Waals surface area contributed by atoms with E-state index >= 15 is 0 Å². The molecule has 154 valence electrons. The Morgan fingerprint density at radius 1 is 1.11 bits per heavy atom. The van der Waals surface area contributed by atoms with Gasteiger partial charge in [-0.05, 0) is 44.4 Å². The minimum absolute atomic E-state index is 0.171. The third kappa shape index (κ3) is 3.50. The minimum Gasteiger partial charge on any atom is -0.377 e. The van der Waals surface area contributed by atoms with Gasteiger partial charge < -0.3 is 20.1 Å². The van der Waals surface area contributed by atoms with Gasteiger partial charge in [-0.25, -0.2) is 0 Å². The summed E-state index contributed by atoms with van der Waals surface area (Å²) in [5, 5.41) is 7.33. The van der Waals surface area contributed by atoms with Crippen LogP contribution < -0.4 is 10.6 Å². The predicted molar refractivity (Wildman–Crippen MR) is 109 cm³/mol. The molecular weight excluding hydrogens is 338 g/mol. The molecule has 0 aromatic heterocycles. The topological polar surface area (TPSA) is 54.9 Å². The van der Waals surface area contributed by atoms with Gasteiger partial charge in [0, 0.05) is 49.6 Å². The van der Waals surface area contributed by atoms with Crippen LogP contribution in [0.3, 0.4) is 0 Å². The standard InChI is InChI=1S/C22H39N3O2/c1-5-23-20(24-14-15-8-6-12-26-18(15)21(2,3)4)25-17-16-9-13-27-19(16)22(17)10-7-11-22/h15-19H,5-14H2,1-4H3,(H2,23,24,25). The Hall–Kier alpha value is -0.810. The van der Waals surface area contributed by atoms with Crippen LogP contribution in [0.5, 0.6) is 0 Å². The number of guanidine groups is 1. The van der Waals surface area contributed by atoms with E-state index in [1.54, 1.807) is 0 Å². The zero-order chi connectivity index (χ0) is 19.1. The van der Waals surface area contributed by atoms with Crippen molar-refractivity contribution in [2.75, 3.05) is 26.3 Å². The lowest BCUT2D eigenvalue weighted by Crippen LogP contribution is -2.72. The number of fused-ring (bicyclic) bond motifs is 2. The summed E-state index contributed by atoms with van der Waals surface area (Å²) in [6.45, 7) is 12.6. The number of nitrogens with one attached hydrogen (secondary N) is 2. The second kappa shape index (κ2) is 7.55. The molecule has 1 spiro atoms. The number of ether oxygens (including phenoxy) is 2. The second-order valence-corrected chi connectivity index (χ2v) is 10.2. The number of hydrogen-bond acceptors (Lipinski definition) is 3. The monoisotopic (exact) mass is 377 g/mol. The fourth-order valence-electron chi connectivity index (χ4n) is 6.12. The number of nitrogens with zero attached hydrogens (tertiary/aromatic N) is 1. The van der Waals surface area contributed by atoms with E-state index in [0.717, 1.165) is 38.7 Å². The van der Waals surface area contributed by atoms with Gasteiger partial charge in [-0.15, -0.1) is 0 Å². The second-order valence-electron chi connectivity index (χ2n) is 10.2. The van der Waals surface area contributed by atoms with Crippen molar-refractivity contribution in [1.29, 1.82) is 0 Å². The third-order valence-corrected chi connectivity index (χ3v) is 7.45. The lowest BCUT2D eigenvalue weighted by molar-refractivity contribution is -0.171. The van der Waals surface area contributed by atoms with Crippen molar-refractivity contribution in [3.63, 3.8) is 0 Å². The lowest BCUT2D eigenvalue weighted by Gasteiger charge is -2.63. The average Bonchev–Trinajstić information content (AvgIpc) is 3.00. The quantitative estimate of drug-likeness (QED) is 0.583. The minimum atomic E-state index is 0.171. The average molecular weight is 378 g/mol. The maximum atomic E-state index is 6.15. The van der Waals surface area contributed by atoms with E-state index in [2.05, 4.69) is 38.3 Å². The van der Waals surface area contributed by atoms with Crippen LogP contribution in [0.2, 0.25) is 0 Å². The summed E-state index contributed by atoms with van der Waals surface area (Å²) in [4.78, 5) is 5.03. The normalized spacial score (nSPS) is 38.1. The molecule has 2 aliphatic carbocycles. The van der Waals surface area contributed by atoms with Gasteiger partial charge in [0.05, 0.1) is 12.2 Å². The fraction of sp³-hybridized carbons (Fsp3) is 0.955. The molecule has 2 aliphatic heterocycles. The van der Waals surface area contributed by atoms with Crippen molar-refractivity contribution < 1.29 is 9.47 Å². The van der Waals surface area contributed by atoms with E-state index in [0.29, 0.717) is 35.5 Å². The molecule has 4 rings (SSSR count). The smallest absolute Gasteiger partial charge is 0.191 e. The molecule has 2 heterocycles. The first kappa shape index (κ1) is 19.5. The van der Waals surface area contributed by atoms with Crippen LogP contribution in [0, 0.1) is 22.7 Å². The Morgan fingerprint density at radius 3 is 2.59 bits per heavy atom. The Kier molecular flexibility index (Phi) is 5.45. The summed E-state index contributed by atoms with van der Waals surface area (Å²) >= 11 is 0. The van der Waals surface area contributed by atoms with E-state index in [1.807, 2.05) is 0 Å². The molecule has 2 saturated carbocycles. The van der Waals surface area contributed by atoms with Gasteiger partial charge in [0.1, 0.15) is 0 Å². The van der Waals surface area contributed by atoms with Crippen molar-refractivity contribution in [1.82, 2.24) is 10.6 Å². The van der Waals surface area contributed by atoms with Crippen LogP contribution in [0.1, 0.15) is 66.2 Å². The number of aliphatic imine (C=N–C) groups is 1. The highest BCUT2D eigenvalue weighted by Crippen LogP contribution is 2.62.